The molecule has 0 bridgehead atoms. The summed E-state index contributed by atoms with van der Waals surface area (Å²) >= 11 is 0. The van der Waals surface area contributed by atoms with Crippen molar-refractivity contribution in [2.75, 3.05) is 6.54 Å². The summed E-state index contributed by atoms with van der Waals surface area (Å²) in [7, 11) is -1.50. The molecule has 0 amide bonds. The molecule has 21 heavy (non-hydrogen) atoms. The van der Waals surface area contributed by atoms with Gasteiger partial charge in [0.05, 0.1) is 5.75 Å². The van der Waals surface area contributed by atoms with E-state index in [0.717, 1.165) is 16.8 Å². The molecule has 0 atom stereocenters. The highest BCUT2D eigenvalue weighted by Gasteiger charge is 2.11. The number of nitrogens with zero attached hydrogens (tertiary/aromatic N) is 2. The minimum absolute atomic E-state index is 0.0246. The van der Waals surface area contributed by atoms with E-state index in [1.165, 1.54) is 0 Å². The molecule has 0 saturated carbocycles. The Hall–Kier alpha value is -1.70. The molecule has 1 aromatic heterocycles. The molecule has 1 heterocycles. The third-order valence-electron chi connectivity index (χ3n) is 3.24. The Morgan fingerprint density at radius 3 is 2.43 bits per heavy atom. The molecule has 6 nitrogen and oxygen atoms in total. The third-order valence-corrected chi connectivity index (χ3v) is 4.60. The van der Waals surface area contributed by atoms with Crippen LogP contribution in [0.15, 0.2) is 36.5 Å². The van der Waals surface area contributed by atoms with Crippen LogP contribution in [-0.4, -0.2) is 24.7 Å². The van der Waals surface area contributed by atoms with E-state index in [4.69, 9.17) is 5.73 Å². The number of benzene rings is 1. The number of hydrogen-bond acceptors (Lipinski definition) is 4. The van der Waals surface area contributed by atoms with Crippen LogP contribution in [0.4, 0.5) is 0 Å². The number of nitrogens with one attached hydrogen (secondary N) is 1. The van der Waals surface area contributed by atoms with Crippen molar-refractivity contribution < 1.29 is 8.42 Å². The predicted molar refractivity (Wildman–Crippen MR) is 81.9 cm³/mol. The zero-order valence-corrected chi connectivity index (χ0v) is 12.8. The molecule has 0 unspecified atom stereocenters. The van der Waals surface area contributed by atoms with E-state index < -0.39 is 10.0 Å². The van der Waals surface area contributed by atoms with E-state index in [0.29, 0.717) is 19.5 Å². The first kappa shape index (κ1) is 15.7. The Morgan fingerprint density at radius 1 is 1.19 bits per heavy atom. The molecular formula is C14H20N4O2S. The summed E-state index contributed by atoms with van der Waals surface area (Å²) in [5, 5.41) is 4.04. The lowest BCUT2D eigenvalue weighted by Gasteiger charge is -2.07. The van der Waals surface area contributed by atoms with Crippen LogP contribution in [0.25, 0.3) is 0 Å². The average molecular weight is 308 g/mol. The van der Waals surface area contributed by atoms with Crippen LogP contribution < -0.4 is 10.5 Å². The van der Waals surface area contributed by atoms with Gasteiger partial charge in [0, 0.05) is 38.4 Å². The first-order chi connectivity index (χ1) is 10.00. The van der Waals surface area contributed by atoms with Crippen LogP contribution in [-0.2, 0) is 35.8 Å². The second kappa shape index (κ2) is 6.84. The lowest BCUT2D eigenvalue weighted by atomic mass is 10.1. The van der Waals surface area contributed by atoms with Crippen LogP contribution >= 0.6 is 0 Å². The minimum atomic E-state index is -3.33. The van der Waals surface area contributed by atoms with E-state index in [1.54, 1.807) is 23.0 Å². The maximum atomic E-state index is 12.0. The van der Waals surface area contributed by atoms with Crippen molar-refractivity contribution >= 4 is 10.0 Å². The Labute approximate surface area is 125 Å². The van der Waals surface area contributed by atoms with E-state index >= 15 is 0 Å². The molecule has 1 aromatic carbocycles. The first-order valence-electron chi connectivity index (χ1n) is 6.72. The molecule has 0 saturated heterocycles. The van der Waals surface area contributed by atoms with Crippen molar-refractivity contribution in [1.82, 2.24) is 14.5 Å². The number of nitrogens with two attached hydrogens (primary N) is 1. The summed E-state index contributed by atoms with van der Waals surface area (Å²) < 4.78 is 28.4. The van der Waals surface area contributed by atoms with Gasteiger partial charge in [0.25, 0.3) is 0 Å². The quantitative estimate of drug-likeness (QED) is 0.781. The fraction of sp³-hybridized carbons (Fsp3) is 0.357. The highest BCUT2D eigenvalue weighted by atomic mass is 32.2. The number of sulfonamides is 1. The molecule has 2 aromatic rings. The molecule has 7 heteroatoms. The van der Waals surface area contributed by atoms with Crippen molar-refractivity contribution in [2.24, 2.45) is 12.8 Å². The highest BCUT2D eigenvalue weighted by Crippen LogP contribution is 2.07. The molecule has 114 valence electrons. The molecule has 0 radical (unpaired) electrons. The zero-order valence-electron chi connectivity index (χ0n) is 12.0. The van der Waals surface area contributed by atoms with Crippen LogP contribution in [0, 0.1) is 0 Å². The van der Waals surface area contributed by atoms with Crippen molar-refractivity contribution in [1.29, 1.82) is 0 Å². The molecule has 3 N–H and O–H groups in total. The summed E-state index contributed by atoms with van der Waals surface area (Å²) in [6, 6.07) is 9.16. The Morgan fingerprint density at radius 2 is 1.86 bits per heavy atom. The van der Waals surface area contributed by atoms with Gasteiger partial charge in [-0.25, -0.2) is 13.1 Å². The van der Waals surface area contributed by atoms with Crippen molar-refractivity contribution in [3.63, 3.8) is 0 Å². The second-order valence-corrected chi connectivity index (χ2v) is 6.68. The standard InChI is InChI=1S/C14H20N4O2S/c1-18-14(6-8-16-18)7-9-17-21(19,20)11-13-4-2-12(10-15)3-5-13/h2-6,8,17H,7,9-11,15H2,1H3. The predicted octanol–water partition coefficient (Wildman–Crippen LogP) is 0.541. The molecule has 2 rings (SSSR count). The van der Waals surface area contributed by atoms with Gasteiger partial charge < -0.3 is 5.73 Å². The zero-order chi connectivity index (χ0) is 15.3. The average Bonchev–Trinajstić information content (AvgIpc) is 2.85. The molecule has 0 aliphatic carbocycles. The van der Waals surface area contributed by atoms with Gasteiger partial charge in [0.2, 0.25) is 10.0 Å². The number of hydrogen-bond donors (Lipinski definition) is 2. The molecular weight excluding hydrogens is 288 g/mol. The Kier molecular flexibility index (Phi) is 5.11. The first-order valence-corrected chi connectivity index (χ1v) is 8.37. The highest BCUT2D eigenvalue weighted by molar-refractivity contribution is 7.88. The van der Waals surface area contributed by atoms with E-state index in [9.17, 15) is 8.42 Å². The van der Waals surface area contributed by atoms with E-state index in [1.807, 2.05) is 25.2 Å². The summed E-state index contributed by atoms with van der Waals surface area (Å²) in [6.07, 6.45) is 2.31. The molecule has 0 aliphatic heterocycles. The maximum absolute atomic E-state index is 12.0. The SMILES string of the molecule is Cn1nccc1CCNS(=O)(=O)Cc1ccc(CN)cc1. The fourth-order valence-electron chi connectivity index (χ4n) is 2.02. The molecule has 0 aliphatic rings. The smallest absolute Gasteiger partial charge is 0.215 e. The van der Waals surface area contributed by atoms with Gasteiger partial charge in [-0.3, -0.25) is 4.68 Å². The number of rotatable bonds is 7. The van der Waals surface area contributed by atoms with Gasteiger partial charge in [0.15, 0.2) is 0 Å². The monoisotopic (exact) mass is 308 g/mol. The van der Waals surface area contributed by atoms with Gasteiger partial charge in [-0.15, -0.1) is 0 Å². The number of aromatic nitrogens is 2. The fourth-order valence-corrected chi connectivity index (χ4v) is 3.17. The van der Waals surface area contributed by atoms with Gasteiger partial charge in [-0.1, -0.05) is 24.3 Å². The lowest BCUT2D eigenvalue weighted by molar-refractivity contribution is 0.579. The summed E-state index contributed by atoms with van der Waals surface area (Å²) in [4.78, 5) is 0. The third kappa shape index (κ3) is 4.66. The maximum Gasteiger partial charge on any atom is 0.215 e. The largest absolute Gasteiger partial charge is 0.326 e. The molecule has 0 spiro atoms. The van der Waals surface area contributed by atoms with E-state index in [-0.39, 0.29) is 5.75 Å². The van der Waals surface area contributed by atoms with Crippen LogP contribution in [0.5, 0.6) is 0 Å². The van der Waals surface area contributed by atoms with Gasteiger partial charge >= 0.3 is 0 Å². The summed E-state index contributed by atoms with van der Waals surface area (Å²) in [5.41, 5.74) is 8.24. The Bertz CT molecular complexity index is 677. The molecule has 0 fully saturated rings. The van der Waals surface area contributed by atoms with Crippen molar-refractivity contribution in [3.8, 4) is 0 Å². The van der Waals surface area contributed by atoms with Gasteiger partial charge in [0.1, 0.15) is 0 Å². The van der Waals surface area contributed by atoms with Crippen LogP contribution in [0.3, 0.4) is 0 Å². The van der Waals surface area contributed by atoms with Gasteiger partial charge in [-0.05, 0) is 17.2 Å². The summed E-state index contributed by atoms with van der Waals surface area (Å²) in [5.74, 6) is -0.0246. The number of aryl methyl sites for hydroxylation is 1. The van der Waals surface area contributed by atoms with Crippen LogP contribution in [0.2, 0.25) is 0 Å². The van der Waals surface area contributed by atoms with E-state index in [2.05, 4.69) is 9.82 Å². The topological polar surface area (TPSA) is 90.0 Å². The second-order valence-electron chi connectivity index (χ2n) is 4.87. The minimum Gasteiger partial charge on any atom is -0.326 e. The van der Waals surface area contributed by atoms with Gasteiger partial charge in [-0.2, -0.15) is 5.10 Å². The lowest BCUT2D eigenvalue weighted by Crippen LogP contribution is -2.27. The van der Waals surface area contributed by atoms with Crippen molar-refractivity contribution in [3.05, 3.63) is 53.3 Å². The Balaban J connectivity index is 1.88. The van der Waals surface area contributed by atoms with Crippen LogP contribution in [0.1, 0.15) is 16.8 Å². The normalized spacial score (nSPS) is 11.7. The van der Waals surface area contributed by atoms with Crippen molar-refractivity contribution in [2.45, 2.75) is 18.7 Å². The summed E-state index contributed by atoms with van der Waals surface area (Å²) in [6.45, 7) is 0.818.